The number of nitrogens with zero attached hydrogens (tertiary/aromatic N) is 1. The van der Waals surface area contributed by atoms with Gasteiger partial charge in [0.05, 0.1) is 15.7 Å². The molecule has 2 rings (SSSR count). The van der Waals surface area contributed by atoms with E-state index in [4.69, 9.17) is 16.3 Å². The lowest BCUT2D eigenvalue weighted by Crippen LogP contribution is -1.96. The van der Waals surface area contributed by atoms with E-state index in [2.05, 4.69) is 4.98 Å². The van der Waals surface area contributed by atoms with E-state index in [1.807, 2.05) is 12.3 Å². The number of aldehydes is 1. The molecule has 3 nitrogen and oxygen atoms in total. The normalized spacial score (nSPS) is 10.2. The molecule has 5 heteroatoms. The lowest BCUT2D eigenvalue weighted by molar-refractivity contribution is 0.112. The second-order valence-corrected chi connectivity index (χ2v) is 4.92. The molecular formula is C12H10ClNO2S. The highest BCUT2D eigenvalue weighted by atomic mass is 35.5. The van der Waals surface area contributed by atoms with Gasteiger partial charge in [0.25, 0.3) is 0 Å². The number of carbonyl (C=O) groups excluding carboxylic acids is 1. The molecule has 0 saturated carbocycles. The maximum absolute atomic E-state index is 10.5. The van der Waals surface area contributed by atoms with Gasteiger partial charge in [0.2, 0.25) is 0 Å². The molecule has 1 heterocycles. The fourth-order valence-electron chi connectivity index (χ4n) is 1.33. The zero-order valence-electron chi connectivity index (χ0n) is 9.14. The molecule has 17 heavy (non-hydrogen) atoms. The van der Waals surface area contributed by atoms with Crippen LogP contribution in [0.5, 0.6) is 5.75 Å². The Balaban J connectivity index is 2.06. The van der Waals surface area contributed by atoms with E-state index in [1.165, 1.54) is 0 Å². The van der Waals surface area contributed by atoms with Crippen LogP contribution in [0.4, 0.5) is 0 Å². The van der Waals surface area contributed by atoms with Crippen molar-refractivity contribution in [2.45, 2.75) is 13.5 Å². The van der Waals surface area contributed by atoms with Crippen molar-refractivity contribution in [3.05, 3.63) is 44.9 Å². The number of aromatic nitrogens is 1. The number of aryl methyl sites for hydroxylation is 1. The molecule has 0 bridgehead atoms. The molecule has 88 valence electrons. The predicted octanol–water partition coefficient (Wildman–Crippen LogP) is 3.50. The van der Waals surface area contributed by atoms with Crippen LogP contribution in [-0.2, 0) is 6.61 Å². The Kier molecular flexibility index (Phi) is 3.76. The monoisotopic (exact) mass is 267 g/mol. The average Bonchev–Trinajstić information content (AvgIpc) is 2.73. The minimum atomic E-state index is 0.379. The lowest BCUT2D eigenvalue weighted by atomic mass is 10.2. The summed E-state index contributed by atoms with van der Waals surface area (Å²) in [4.78, 5) is 14.8. The van der Waals surface area contributed by atoms with Crippen molar-refractivity contribution in [2.75, 3.05) is 0 Å². The van der Waals surface area contributed by atoms with Gasteiger partial charge in [-0.25, -0.2) is 4.98 Å². The Labute approximate surface area is 108 Å². The topological polar surface area (TPSA) is 39.2 Å². The molecule has 0 aliphatic rings. The molecule has 0 saturated heterocycles. The molecule has 1 aromatic heterocycles. The number of hydrogen-bond donors (Lipinski definition) is 0. The number of rotatable bonds is 4. The zero-order chi connectivity index (χ0) is 12.3. The van der Waals surface area contributed by atoms with E-state index >= 15 is 0 Å². The van der Waals surface area contributed by atoms with Crippen molar-refractivity contribution in [3.8, 4) is 5.75 Å². The van der Waals surface area contributed by atoms with Gasteiger partial charge in [-0.2, -0.15) is 0 Å². The number of thiazole rings is 1. The number of halogens is 1. The molecule has 0 aliphatic carbocycles. The average molecular weight is 268 g/mol. The van der Waals surface area contributed by atoms with Crippen LogP contribution in [0.1, 0.15) is 21.1 Å². The fraction of sp³-hybridized carbons (Fsp3) is 0.167. The highest BCUT2D eigenvalue weighted by molar-refractivity contribution is 7.09. The molecule has 2 aromatic rings. The molecular weight excluding hydrogens is 258 g/mol. The molecule has 0 atom stereocenters. The van der Waals surface area contributed by atoms with E-state index in [0.29, 0.717) is 22.9 Å². The first-order valence-corrected chi connectivity index (χ1v) is 6.23. The maximum Gasteiger partial charge on any atom is 0.150 e. The van der Waals surface area contributed by atoms with Crippen LogP contribution in [0.3, 0.4) is 0 Å². The van der Waals surface area contributed by atoms with Crippen molar-refractivity contribution >= 4 is 29.2 Å². The summed E-state index contributed by atoms with van der Waals surface area (Å²) in [7, 11) is 0. The smallest absolute Gasteiger partial charge is 0.150 e. The van der Waals surface area contributed by atoms with Crippen LogP contribution in [0, 0.1) is 6.92 Å². The van der Waals surface area contributed by atoms with Gasteiger partial charge in [-0.05, 0) is 25.1 Å². The van der Waals surface area contributed by atoms with Crippen LogP contribution in [0.25, 0.3) is 0 Å². The van der Waals surface area contributed by atoms with Crippen LogP contribution in [0.15, 0.2) is 23.6 Å². The molecule has 1 aromatic carbocycles. The third-order valence-electron chi connectivity index (χ3n) is 2.13. The molecule has 0 aliphatic heterocycles. The third kappa shape index (κ3) is 3.05. The highest BCUT2D eigenvalue weighted by Crippen LogP contribution is 2.25. The van der Waals surface area contributed by atoms with E-state index < -0.39 is 0 Å². The Hall–Kier alpha value is -1.39. The van der Waals surface area contributed by atoms with E-state index in [1.54, 1.807) is 29.5 Å². The second kappa shape index (κ2) is 5.29. The van der Waals surface area contributed by atoms with Gasteiger partial charge in [-0.3, -0.25) is 4.79 Å². The fourth-order valence-corrected chi connectivity index (χ4v) is 2.17. The highest BCUT2D eigenvalue weighted by Gasteiger charge is 2.04. The molecule has 0 amide bonds. The summed E-state index contributed by atoms with van der Waals surface area (Å²) in [6.45, 7) is 2.32. The van der Waals surface area contributed by atoms with Crippen molar-refractivity contribution in [2.24, 2.45) is 0 Å². The van der Waals surface area contributed by atoms with Crippen molar-refractivity contribution in [1.82, 2.24) is 4.98 Å². The summed E-state index contributed by atoms with van der Waals surface area (Å²) in [6.07, 6.45) is 0.749. The Morgan fingerprint density at radius 2 is 2.35 bits per heavy atom. The SMILES string of the molecule is Cc1nc(COc2ccc(C=O)cc2Cl)cs1. The minimum Gasteiger partial charge on any atom is -0.486 e. The number of carbonyl (C=O) groups is 1. The van der Waals surface area contributed by atoms with E-state index in [9.17, 15) is 4.79 Å². The van der Waals surface area contributed by atoms with Gasteiger partial charge in [0, 0.05) is 10.9 Å². The summed E-state index contributed by atoms with van der Waals surface area (Å²) in [5.41, 5.74) is 1.41. The van der Waals surface area contributed by atoms with Gasteiger partial charge in [0.1, 0.15) is 18.6 Å². The summed E-state index contributed by atoms with van der Waals surface area (Å²) in [5, 5.41) is 3.38. The minimum absolute atomic E-state index is 0.379. The van der Waals surface area contributed by atoms with Crippen LogP contribution < -0.4 is 4.74 Å². The predicted molar refractivity (Wildman–Crippen MR) is 68.0 cm³/mol. The standard InChI is InChI=1S/C12H10ClNO2S/c1-8-14-10(7-17-8)6-16-12-3-2-9(5-15)4-11(12)13/h2-5,7H,6H2,1H3. The maximum atomic E-state index is 10.5. The summed E-state index contributed by atoms with van der Waals surface area (Å²) < 4.78 is 5.53. The van der Waals surface area contributed by atoms with E-state index in [0.717, 1.165) is 17.0 Å². The van der Waals surface area contributed by atoms with Crippen LogP contribution >= 0.6 is 22.9 Å². The van der Waals surface area contributed by atoms with E-state index in [-0.39, 0.29) is 0 Å². The van der Waals surface area contributed by atoms with Crippen molar-refractivity contribution < 1.29 is 9.53 Å². The first-order chi connectivity index (χ1) is 8.19. The number of ether oxygens (including phenoxy) is 1. The van der Waals surface area contributed by atoms with Gasteiger partial charge in [-0.15, -0.1) is 11.3 Å². The Bertz CT molecular complexity index is 539. The first kappa shape index (κ1) is 12.1. The summed E-state index contributed by atoms with van der Waals surface area (Å²) in [5.74, 6) is 0.558. The number of hydrogen-bond acceptors (Lipinski definition) is 4. The third-order valence-corrected chi connectivity index (χ3v) is 3.25. The number of benzene rings is 1. The second-order valence-electron chi connectivity index (χ2n) is 3.45. The molecule has 0 radical (unpaired) electrons. The summed E-state index contributed by atoms with van der Waals surface area (Å²) in [6, 6.07) is 4.93. The van der Waals surface area contributed by atoms with Crippen LogP contribution in [0.2, 0.25) is 5.02 Å². The summed E-state index contributed by atoms with van der Waals surface area (Å²) >= 11 is 7.56. The van der Waals surface area contributed by atoms with Crippen molar-refractivity contribution in [1.29, 1.82) is 0 Å². The first-order valence-electron chi connectivity index (χ1n) is 4.97. The molecule has 0 unspecified atom stereocenters. The quantitative estimate of drug-likeness (QED) is 0.796. The Morgan fingerprint density at radius 1 is 1.53 bits per heavy atom. The molecule has 0 spiro atoms. The molecule has 0 fully saturated rings. The van der Waals surface area contributed by atoms with Gasteiger partial charge < -0.3 is 4.74 Å². The zero-order valence-corrected chi connectivity index (χ0v) is 10.7. The van der Waals surface area contributed by atoms with Gasteiger partial charge in [0.15, 0.2) is 0 Å². The van der Waals surface area contributed by atoms with Crippen molar-refractivity contribution in [3.63, 3.8) is 0 Å². The largest absolute Gasteiger partial charge is 0.486 e. The van der Waals surface area contributed by atoms with Gasteiger partial charge in [-0.1, -0.05) is 11.6 Å². The lowest BCUT2D eigenvalue weighted by Gasteiger charge is -2.06. The Morgan fingerprint density at radius 3 is 2.94 bits per heavy atom. The van der Waals surface area contributed by atoms with Gasteiger partial charge >= 0.3 is 0 Å². The van der Waals surface area contributed by atoms with Crippen LogP contribution in [-0.4, -0.2) is 11.3 Å². The molecule has 0 N–H and O–H groups in total.